The maximum Gasteiger partial charge on any atom is 0.327 e. The van der Waals surface area contributed by atoms with Crippen LogP contribution in [-0.4, -0.2) is 27.0 Å². The topological polar surface area (TPSA) is 72.5 Å². The van der Waals surface area contributed by atoms with E-state index in [0.717, 1.165) is 36.8 Å². The van der Waals surface area contributed by atoms with Crippen LogP contribution in [0.5, 0.6) is 0 Å². The number of hydrogen-bond donors (Lipinski definition) is 1. The van der Waals surface area contributed by atoms with Gasteiger partial charge in [-0.05, 0) is 85.8 Å². The van der Waals surface area contributed by atoms with Crippen LogP contribution in [0.15, 0.2) is 64.1 Å². The van der Waals surface area contributed by atoms with E-state index in [2.05, 4.69) is 37.6 Å². The van der Waals surface area contributed by atoms with Crippen molar-refractivity contribution in [3.05, 3.63) is 64.8 Å². The van der Waals surface area contributed by atoms with Crippen LogP contribution in [0.1, 0.15) is 72.3 Å². The van der Waals surface area contributed by atoms with Gasteiger partial charge in [0.05, 0.1) is 12.0 Å². The molecule has 0 aliphatic carbocycles. The lowest BCUT2D eigenvalue weighted by Gasteiger charge is -2.27. The molecule has 1 unspecified atom stereocenters. The SMILES string of the molecule is COC(=O)C(C)(C/C=C(\C)CCC/C(C)=C\CC=C(C)C)NS(=O)(=O)c1ccc(C)cc1. The Balaban J connectivity index is 2.81. The Hall–Kier alpha value is -2.18. The normalized spacial score (nSPS) is 14.6. The number of ether oxygens (including phenoxy) is 1. The summed E-state index contributed by atoms with van der Waals surface area (Å²) in [5, 5.41) is 0. The lowest BCUT2D eigenvalue weighted by molar-refractivity contribution is -0.146. The van der Waals surface area contributed by atoms with Crippen LogP contribution < -0.4 is 4.72 Å². The van der Waals surface area contributed by atoms with Crippen LogP contribution in [0.4, 0.5) is 0 Å². The van der Waals surface area contributed by atoms with Gasteiger partial charge in [-0.2, -0.15) is 4.72 Å². The number of hydrogen-bond acceptors (Lipinski definition) is 4. The summed E-state index contributed by atoms with van der Waals surface area (Å²) in [4.78, 5) is 12.6. The van der Waals surface area contributed by atoms with Crippen molar-refractivity contribution in [3.8, 4) is 0 Å². The predicted molar refractivity (Wildman–Crippen MR) is 132 cm³/mol. The zero-order valence-electron chi connectivity index (χ0n) is 20.6. The number of nitrogens with one attached hydrogen (secondary N) is 1. The van der Waals surface area contributed by atoms with E-state index in [1.807, 2.05) is 19.9 Å². The van der Waals surface area contributed by atoms with Crippen LogP contribution in [-0.2, 0) is 19.6 Å². The van der Waals surface area contributed by atoms with Crippen LogP contribution in [0.3, 0.4) is 0 Å². The highest BCUT2D eigenvalue weighted by atomic mass is 32.2. The maximum atomic E-state index is 12.8. The minimum absolute atomic E-state index is 0.120. The second kappa shape index (κ2) is 12.8. The first kappa shape index (κ1) is 27.9. The second-order valence-electron chi connectivity index (χ2n) is 8.92. The fraction of sp³-hybridized carbons (Fsp3) is 0.500. The van der Waals surface area contributed by atoms with Gasteiger partial charge < -0.3 is 4.74 Å². The number of carbonyl (C=O) groups is 1. The monoisotopic (exact) mass is 461 g/mol. The summed E-state index contributed by atoms with van der Waals surface area (Å²) in [7, 11) is -2.61. The molecule has 32 heavy (non-hydrogen) atoms. The van der Waals surface area contributed by atoms with Crippen molar-refractivity contribution >= 4 is 16.0 Å². The number of sulfonamides is 1. The van der Waals surface area contributed by atoms with E-state index in [1.165, 1.54) is 30.4 Å². The van der Waals surface area contributed by atoms with Gasteiger partial charge in [0.1, 0.15) is 5.54 Å². The third-order valence-corrected chi connectivity index (χ3v) is 6.93. The second-order valence-corrected chi connectivity index (χ2v) is 10.6. The predicted octanol–water partition coefficient (Wildman–Crippen LogP) is 6.01. The Kier molecular flexibility index (Phi) is 11.1. The van der Waals surface area contributed by atoms with Crippen molar-refractivity contribution in [2.75, 3.05) is 7.11 Å². The molecule has 1 atom stereocenters. The molecule has 0 bridgehead atoms. The molecule has 1 rings (SSSR count). The standard InChI is InChI=1S/C26H39NO4S/c1-20(2)10-8-11-21(3)12-9-13-22(4)18-19-26(6,25(28)31-7)27-32(29,30)24-16-14-23(5)15-17-24/h10-11,14-18,27H,8-9,12-13,19H2,1-7H3/b21-11-,22-18+. The molecule has 5 nitrogen and oxygen atoms in total. The van der Waals surface area contributed by atoms with E-state index < -0.39 is 21.5 Å². The molecular weight excluding hydrogens is 422 g/mol. The van der Waals surface area contributed by atoms with E-state index in [0.29, 0.717) is 0 Å². The minimum atomic E-state index is -3.87. The number of methoxy groups -OCH3 is 1. The average Bonchev–Trinajstić information content (AvgIpc) is 2.71. The smallest absolute Gasteiger partial charge is 0.327 e. The van der Waals surface area contributed by atoms with Crippen LogP contribution in [0, 0.1) is 6.92 Å². The Morgan fingerprint density at radius 3 is 2.09 bits per heavy atom. The van der Waals surface area contributed by atoms with Gasteiger partial charge in [-0.25, -0.2) is 8.42 Å². The third kappa shape index (κ3) is 9.53. The first-order valence-corrected chi connectivity index (χ1v) is 12.5. The fourth-order valence-electron chi connectivity index (χ4n) is 3.19. The van der Waals surface area contributed by atoms with Crippen LogP contribution >= 0.6 is 0 Å². The van der Waals surface area contributed by atoms with Crippen LogP contribution in [0.2, 0.25) is 0 Å². The highest BCUT2D eigenvalue weighted by molar-refractivity contribution is 7.89. The van der Waals surface area contributed by atoms with Crippen molar-refractivity contribution in [2.45, 2.75) is 84.1 Å². The lowest BCUT2D eigenvalue weighted by Crippen LogP contribution is -2.52. The molecule has 0 heterocycles. The van der Waals surface area contributed by atoms with Crippen molar-refractivity contribution in [1.29, 1.82) is 0 Å². The first-order valence-electron chi connectivity index (χ1n) is 11.0. The molecule has 1 N–H and O–H groups in total. The first-order chi connectivity index (χ1) is 14.9. The zero-order valence-corrected chi connectivity index (χ0v) is 21.4. The summed E-state index contributed by atoms with van der Waals surface area (Å²) in [5.74, 6) is -0.615. The van der Waals surface area contributed by atoms with Crippen molar-refractivity contribution < 1.29 is 17.9 Å². The quantitative estimate of drug-likeness (QED) is 0.305. The molecule has 0 radical (unpaired) electrons. The zero-order chi connectivity index (χ0) is 24.4. The highest BCUT2D eigenvalue weighted by Crippen LogP contribution is 2.21. The van der Waals surface area contributed by atoms with Gasteiger partial charge in [-0.3, -0.25) is 4.79 Å². The van der Waals surface area contributed by atoms with Gasteiger partial charge in [0.15, 0.2) is 0 Å². The minimum Gasteiger partial charge on any atom is -0.468 e. The van der Waals surface area contributed by atoms with E-state index in [9.17, 15) is 13.2 Å². The molecule has 0 spiro atoms. The molecule has 6 heteroatoms. The molecule has 0 amide bonds. The molecule has 0 aliphatic rings. The van der Waals surface area contributed by atoms with Crippen molar-refractivity contribution in [2.24, 2.45) is 0 Å². The van der Waals surface area contributed by atoms with E-state index in [-0.39, 0.29) is 11.3 Å². The number of rotatable bonds is 12. The lowest BCUT2D eigenvalue weighted by atomic mass is 9.96. The molecule has 0 aliphatic heterocycles. The maximum absolute atomic E-state index is 12.8. The molecule has 178 valence electrons. The summed E-state index contributed by atoms with van der Waals surface area (Å²) in [6.07, 6.45) is 10.5. The number of carbonyl (C=O) groups excluding carboxylic acids is 1. The number of esters is 1. The van der Waals surface area contributed by atoms with Crippen molar-refractivity contribution in [3.63, 3.8) is 0 Å². The number of aryl methyl sites for hydroxylation is 1. The van der Waals surface area contributed by atoms with Gasteiger partial charge in [0.2, 0.25) is 10.0 Å². The molecule has 0 saturated carbocycles. The highest BCUT2D eigenvalue weighted by Gasteiger charge is 2.38. The van der Waals surface area contributed by atoms with Gasteiger partial charge in [-0.1, -0.05) is 52.6 Å². The summed E-state index contributed by atoms with van der Waals surface area (Å²) in [5.41, 5.74) is 3.37. The summed E-state index contributed by atoms with van der Waals surface area (Å²) >= 11 is 0. The summed E-state index contributed by atoms with van der Waals surface area (Å²) < 4.78 is 33.2. The average molecular weight is 462 g/mol. The van der Waals surface area contributed by atoms with E-state index >= 15 is 0 Å². The van der Waals surface area contributed by atoms with E-state index in [1.54, 1.807) is 19.1 Å². The molecular formula is C26H39NO4S. The molecule has 0 fully saturated rings. The Labute approximate surface area is 194 Å². The number of allylic oxidation sites excluding steroid dienone is 5. The number of benzene rings is 1. The Morgan fingerprint density at radius 1 is 1.00 bits per heavy atom. The van der Waals surface area contributed by atoms with Gasteiger partial charge in [0.25, 0.3) is 0 Å². The Morgan fingerprint density at radius 2 is 1.56 bits per heavy atom. The van der Waals surface area contributed by atoms with Gasteiger partial charge in [0, 0.05) is 0 Å². The Bertz CT molecular complexity index is 952. The van der Waals surface area contributed by atoms with Gasteiger partial charge in [-0.15, -0.1) is 0 Å². The van der Waals surface area contributed by atoms with E-state index in [4.69, 9.17) is 4.74 Å². The molecule has 0 saturated heterocycles. The fourth-order valence-corrected chi connectivity index (χ4v) is 4.56. The van der Waals surface area contributed by atoms with Gasteiger partial charge >= 0.3 is 5.97 Å². The molecule has 1 aromatic rings. The summed E-state index contributed by atoms with van der Waals surface area (Å²) in [6.45, 7) is 11.8. The van der Waals surface area contributed by atoms with Crippen LogP contribution in [0.25, 0.3) is 0 Å². The molecule has 1 aromatic carbocycles. The third-order valence-electron chi connectivity index (χ3n) is 5.32. The van der Waals surface area contributed by atoms with Crippen molar-refractivity contribution in [1.82, 2.24) is 4.72 Å². The summed E-state index contributed by atoms with van der Waals surface area (Å²) in [6, 6.07) is 6.52. The largest absolute Gasteiger partial charge is 0.468 e. The molecule has 0 aromatic heterocycles.